The highest BCUT2D eigenvalue weighted by atomic mass is 32.2. The molecule has 0 spiro atoms. The van der Waals surface area contributed by atoms with Crippen molar-refractivity contribution >= 4 is 10.0 Å². The van der Waals surface area contributed by atoms with E-state index in [1.165, 1.54) is 0 Å². The summed E-state index contributed by atoms with van der Waals surface area (Å²) < 4.78 is 33.1. The van der Waals surface area contributed by atoms with E-state index in [0.717, 1.165) is 43.2 Å². The van der Waals surface area contributed by atoms with E-state index < -0.39 is 10.0 Å². The lowest BCUT2D eigenvalue weighted by molar-refractivity contribution is 0.209. The summed E-state index contributed by atoms with van der Waals surface area (Å²) in [6.45, 7) is 7.15. The van der Waals surface area contributed by atoms with Crippen LogP contribution < -0.4 is 4.72 Å². The molecule has 8 nitrogen and oxygen atoms in total. The molecule has 1 N–H and O–H groups in total. The normalized spacial score (nSPS) is 18.9. The van der Waals surface area contributed by atoms with Gasteiger partial charge in [-0.15, -0.1) is 0 Å². The van der Waals surface area contributed by atoms with Crippen molar-refractivity contribution < 1.29 is 12.9 Å². The van der Waals surface area contributed by atoms with Crippen LogP contribution in [-0.2, 0) is 29.7 Å². The number of hydrogen-bond donors (Lipinski definition) is 1. The van der Waals surface area contributed by atoms with Crippen LogP contribution in [0, 0.1) is 12.8 Å². The number of nitrogens with zero attached hydrogens (tertiary/aromatic N) is 4. The third-order valence-electron chi connectivity index (χ3n) is 4.45. The van der Waals surface area contributed by atoms with Crippen LogP contribution in [-0.4, -0.2) is 47.1 Å². The molecule has 3 rings (SSSR count). The summed E-state index contributed by atoms with van der Waals surface area (Å²) in [5.41, 5.74) is 2.08. The average Bonchev–Trinajstić information content (AvgIpc) is 3.12. The summed E-state index contributed by atoms with van der Waals surface area (Å²) in [7, 11) is -3.15. The summed E-state index contributed by atoms with van der Waals surface area (Å²) in [4.78, 5) is 2.32. The van der Waals surface area contributed by atoms with Gasteiger partial charge in [0.1, 0.15) is 5.76 Å². The third-order valence-corrected chi connectivity index (χ3v) is 5.86. The zero-order valence-corrected chi connectivity index (χ0v) is 15.5. The fraction of sp³-hybridized carbons (Fsp3) is 0.625. The smallest absolute Gasteiger partial charge is 0.211 e. The summed E-state index contributed by atoms with van der Waals surface area (Å²) in [6.07, 6.45) is 2.59. The van der Waals surface area contributed by atoms with Gasteiger partial charge in [0.2, 0.25) is 10.0 Å². The first kappa shape index (κ1) is 18.1. The lowest BCUT2D eigenvalue weighted by Gasteiger charge is -2.23. The van der Waals surface area contributed by atoms with Crippen molar-refractivity contribution in [3.63, 3.8) is 0 Å². The molecule has 0 bridgehead atoms. The Labute approximate surface area is 148 Å². The van der Waals surface area contributed by atoms with Gasteiger partial charge in [-0.25, -0.2) is 13.1 Å². The molecule has 138 valence electrons. The van der Waals surface area contributed by atoms with Crippen LogP contribution in [0.3, 0.4) is 0 Å². The highest BCUT2D eigenvalue weighted by Crippen LogP contribution is 2.20. The fourth-order valence-electron chi connectivity index (χ4n) is 3.17. The van der Waals surface area contributed by atoms with Gasteiger partial charge in [0.15, 0.2) is 0 Å². The Morgan fingerprint density at radius 3 is 2.96 bits per heavy atom. The van der Waals surface area contributed by atoms with E-state index in [2.05, 4.69) is 19.9 Å². The fourth-order valence-corrected chi connectivity index (χ4v) is 3.80. The highest BCUT2D eigenvalue weighted by Gasteiger charge is 2.23. The summed E-state index contributed by atoms with van der Waals surface area (Å²) in [5.74, 6) is 1.23. The first-order valence-corrected chi connectivity index (χ1v) is 10.2. The SMILES string of the molecule is CCS(=O)(=O)NCC[C@H]1CN(Cc2cc(C)on2)Cc2ccnn2C1. The molecular weight excluding hydrogens is 342 g/mol. The molecule has 25 heavy (non-hydrogen) atoms. The number of sulfonamides is 1. The Morgan fingerprint density at radius 1 is 1.40 bits per heavy atom. The second-order valence-corrected chi connectivity index (χ2v) is 8.65. The van der Waals surface area contributed by atoms with Crippen LogP contribution in [0.1, 0.15) is 30.5 Å². The monoisotopic (exact) mass is 367 g/mol. The van der Waals surface area contributed by atoms with E-state index >= 15 is 0 Å². The molecule has 1 aliphatic rings. The molecule has 0 saturated heterocycles. The number of fused-ring (bicyclic) bond motifs is 1. The van der Waals surface area contributed by atoms with Crippen molar-refractivity contribution in [1.82, 2.24) is 24.6 Å². The molecule has 1 aliphatic heterocycles. The molecule has 3 heterocycles. The predicted molar refractivity (Wildman–Crippen MR) is 93.2 cm³/mol. The molecule has 0 unspecified atom stereocenters. The van der Waals surface area contributed by atoms with Gasteiger partial charge in [0, 0.05) is 45.0 Å². The lowest BCUT2D eigenvalue weighted by Crippen LogP contribution is -2.32. The van der Waals surface area contributed by atoms with Gasteiger partial charge in [-0.3, -0.25) is 9.58 Å². The largest absolute Gasteiger partial charge is 0.361 e. The van der Waals surface area contributed by atoms with Crippen molar-refractivity contribution in [3.8, 4) is 0 Å². The Morgan fingerprint density at radius 2 is 2.24 bits per heavy atom. The van der Waals surface area contributed by atoms with Crippen molar-refractivity contribution in [2.45, 2.75) is 39.9 Å². The van der Waals surface area contributed by atoms with Gasteiger partial charge in [-0.2, -0.15) is 5.10 Å². The van der Waals surface area contributed by atoms with Crippen LogP contribution in [0.2, 0.25) is 0 Å². The maximum absolute atomic E-state index is 11.6. The standard InChI is InChI=1S/C16H25N5O3S/c1-3-25(22,23)18-7-4-14-9-20(11-15-8-13(2)24-19-15)12-16-5-6-17-21(16)10-14/h5-6,8,14,18H,3-4,7,9-12H2,1-2H3/t14-/m0/s1. The lowest BCUT2D eigenvalue weighted by atomic mass is 10.1. The van der Waals surface area contributed by atoms with Gasteiger partial charge >= 0.3 is 0 Å². The molecule has 0 aromatic carbocycles. The van der Waals surface area contributed by atoms with E-state index in [1.807, 2.05) is 29.9 Å². The van der Waals surface area contributed by atoms with E-state index in [9.17, 15) is 8.42 Å². The van der Waals surface area contributed by atoms with Crippen LogP contribution >= 0.6 is 0 Å². The molecule has 0 aliphatic carbocycles. The van der Waals surface area contributed by atoms with Gasteiger partial charge in [-0.1, -0.05) is 5.16 Å². The van der Waals surface area contributed by atoms with Crippen LogP contribution in [0.4, 0.5) is 0 Å². The average molecular weight is 367 g/mol. The first-order chi connectivity index (χ1) is 11.9. The molecule has 1 atom stereocenters. The second kappa shape index (κ2) is 7.67. The summed E-state index contributed by atoms with van der Waals surface area (Å²) in [6, 6.07) is 3.98. The Kier molecular flexibility index (Phi) is 5.55. The van der Waals surface area contributed by atoms with E-state index in [0.29, 0.717) is 19.0 Å². The van der Waals surface area contributed by atoms with E-state index in [4.69, 9.17) is 4.52 Å². The van der Waals surface area contributed by atoms with Crippen molar-refractivity contribution in [2.75, 3.05) is 18.8 Å². The Balaban J connectivity index is 1.66. The number of aryl methyl sites for hydroxylation is 1. The van der Waals surface area contributed by atoms with Crippen molar-refractivity contribution in [2.24, 2.45) is 5.92 Å². The topological polar surface area (TPSA) is 93.3 Å². The van der Waals surface area contributed by atoms with Gasteiger partial charge in [0.25, 0.3) is 0 Å². The third kappa shape index (κ3) is 4.90. The minimum Gasteiger partial charge on any atom is -0.361 e. The Bertz CT molecular complexity index is 798. The van der Waals surface area contributed by atoms with Crippen LogP contribution in [0.25, 0.3) is 0 Å². The zero-order valence-electron chi connectivity index (χ0n) is 14.7. The quantitative estimate of drug-likeness (QED) is 0.789. The molecule has 0 amide bonds. The number of nitrogens with one attached hydrogen (secondary N) is 1. The van der Waals surface area contributed by atoms with Crippen LogP contribution in [0.5, 0.6) is 0 Å². The molecule has 9 heteroatoms. The molecule has 2 aromatic heterocycles. The Hall–Kier alpha value is -1.71. The molecule has 0 fully saturated rings. The van der Waals surface area contributed by atoms with Gasteiger partial charge in [-0.05, 0) is 32.3 Å². The maximum Gasteiger partial charge on any atom is 0.211 e. The van der Waals surface area contributed by atoms with Crippen molar-refractivity contribution in [1.29, 1.82) is 0 Å². The minimum atomic E-state index is -3.15. The number of rotatable bonds is 7. The number of hydrogen-bond acceptors (Lipinski definition) is 6. The van der Waals surface area contributed by atoms with E-state index in [1.54, 1.807) is 6.92 Å². The first-order valence-electron chi connectivity index (χ1n) is 8.58. The highest BCUT2D eigenvalue weighted by molar-refractivity contribution is 7.89. The summed E-state index contributed by atoms with van der Waals surface area (Å²) >= 11 is 0. The van der Waals surface area contributed by atoms with Crippen LogP contribution in [0.15, 0.2) is 22.9 Å². The second-order valence-electron chi connectivity index (χ2n) is 6.56. The number of aromatic nitrogens is 3. The van der Waals surface area contributed by atoms with Gasteiger partial charge in [0.05, 0.1) is 17.1 Å². The molecule has 0 radical (unpaired) electrons. The molecular formula is C16H25N5O3S. The minimum absolute atomic E-state index is 0.110. The predicted octanol–water partition coefficient (Wildman–Crippen LogP) is 1.14. The molecule has 0 saturated carbocycles. The summed E-state index contributed by atoms with van der Waals surface area (Å²) in [5, 5.41) is 8.49. The maximum atomic E-state index is 11.6. The molecule has 2 aromatic rings. The van der Waals surface area contributed by atoms with Crippen molar-refractivity contribution in [3.05, 3.63) is 35.5 Å². The zero-order chi connectivity index (χ0) is 17.9. The van der Waals surface area contributed by atoms with E-state index in [-0.39, 0.29) is 5.75 Å². The van der Waals surface area contributed by atoms with Gasteiger partial charge < -0.3 is 4.52 Å².